The summed E-state index contributed by atoms with van der Waals surface area (Å²) in [6.07, 6.45) is 0. The predicted octanol–water partition coefficient (Wildman–Crippen LogP) is 0.196. The third-order valence-corrected chi connectivity index (χ3v) is 1.33. The maximum atomic E-state index is 4.01. The molecule has 9 heavy (non-hydrogen) atoms. The zero-order chi connectivity index (χ0) is 7.11. The Labute approximate surface area is 72.4 Å². The molecule has 0 rings (SSSR count). The maximum Gasteiger partial charge on any atom is 0.0944 e. The van der Waals surface area contributed by atoms with Crippen molar-refractivity contribution in [2.75, 3.05) is 19.0 Å². The first-order valence-corrected chi connectivity index (χ1v) is 4.35. The SMILES string of the molecule is SCNCCNC(S)S. The van der Waals surface area contributed by atoms with Crippen LogP contribution in [0.4, 0.5) is 0 Å². The quantitative estimate of drug-likeness (QED) is 0.239. The first-order valence-electron chi connectivity index (χ1n) is 2.68. The Morgan fingerprint density at radius 1 is 1.22 bits per heavy atom. The summed E-state index contributed by atoms with van der Waals surface area (Å²) in [5, 5.41) is 6.05. The first kappa shape index (κ1) is 9.97. The molecule has 0 unspecified atom stereocenters. The highest BCUT2D eigenvalue weighted by atomic mass is 32.2. The van der Waals surface area contributed by atoms with Gasteiger partial charge in [0, 0.05) is 19.0 Å². The molecule has 0 saturated carbocycles. The van der Waals surface area contributed by atoms with Crippen LogP contribution in [0.25, 0.3) is 0 Å². The number of hydrogen-bond acceptors (Lipinski definition) is 5. The molecule has 0 fully saturated rings. The normalized spacial score (nSPS) is 10.7. The van der Waals surface area contributed by atoms with Crippen LogP contribution in [0.2, 0.25) is 0 Å². The summed E-state index contributed by atoms with van der Waals surface area (Å²) in [4.78, 5) is 0. The van der Waals surface area contributed by atoms with E-state index < -0.39 is 0 Å². The molecule has 0 bridgehead atoms. The molecule has 0 aliphatic heterocycles. The number of rotatable bonds is 5. The van der Waals surface area contributed by atoms with Crippen molar-refractivity contribution in [2.45, 2.75) is 4.71 Å². The van der Waals surface area contributed by atoms with Crippen LogP contribution in [0.15, 0.2) is 0 Å². The lowest BCUT2D eigenvalue weighted by Crippen LogP contribution is -2.29. The van der Waals surface area contributed by atoms with Gasteiger partial charge >= 0.3 is 0 Å². The second kappa shape index (κ2) is 7.08. The standard InChI is InChI=1S/C4H12N2S3/c7-3-5-1-2-6-4(8)9/h4-9H,1-3H2. The van der Waals surface area contributed by atoms with Crippen LogP contribution >= 0.6 is 37.9 Å². The minimum absolute atomic E-state index is 0.0216. The molecule has 56 valence electrons. The van der Waals surface area contributed by atoms with Crippen molar-refractivity contribution in [2.24, 2.45) is 0 Å². The lowest BCUT2D eigenvalue weighted by molar-refractivity contribution is 0.689. The molecule has 0 aromatic heterocycles. The zero-order valence-electron chi connectivity index (χ0n) is 5.04. The topological polar surface area (TPSA) is 24.1 Å². The fraction of sp³-hybridized carbons (Fsp3) is 1.00. The fourth-order valence-electron chi connectivity index (χ4n) is 0.369. The Balaban J connectivity index is 2.75. The van der Waals surface area contributed by atoms with Crippen molar-refractivity contribution in [1.82, 2.24) is 10.6 Å². The van der Waals surface area contributed by atoms with Crippen molar-refractivity contribution in [3.8, 4) is 0 Å². The van der Waals surface area contributed by atoms with Crippen LogP contribution in [0.3, 0.4) is 0 Å². The fourth-order valence-corrected chi connectivity index (χ4v) is 0.785. The summed E-state index contributed by atoms with van der Waals surface area (Å²) in [6.45, 7) is 1.78. The minimum atomic E-state index is -0.0216. The summed E-state index contributed by atoms with van der Waals surface area (Å²) in [6, 6.07) is 0. The molecule has 0 amide bonds. The van der Waals surface area contributed by atoms with E-state index in [1.807, 2.05) is 0 Å². The summed E-state index contributed by atoms with van der Waals surface area (Å²) in [5.41, 5.74) is 0. The van der Waals surface area contributed by atoms with Gasteiger partial charge in [0.05, 0.1) is 4.71 Å². The lowest BCUT2D eigenvalue weighted by atomic mass is 10.6. The van der Waals surface area contributed by atoms with Gasteiger partial charge in [-0.1, -0.05) is 0 Å². The Morgan fingerprint density at radius 2 is 1.89 bits per heavy atom. The van der Waals surface area contributed by atoms with Gasteiger partial charge < -0.3 is 5.32 Å². The average Bonchev–Trinajstić information content (AvgIpc) is 1.80. The van der Waals surface area contributed by atoms with Gasteiger partial charge in [-0.05, 0) is 0 Å². The highest BCUT2D eigenvalue weighted by Crippen LogP contribution is 1.91. The molecule has 0 saturated heterocycles. The molecule has 0 aliphatic carbocycles. The lowest BCUT2D eigenvalue weighted by Gasteiger charge is -2.05. The first-order chi connectivity index (χ1) is 4.27. The van der Waals surface area contributed by atoms with Crippen LogP contribution in [-0.4, -0.2) is 23.7 Å². The molecule has 0 aliphatic rings. The van der Waals surface area contributed by atoms with E-state index in [4.69, 9.17) is 0 Å². The molecule has 0 heterocycles. The summed E-state index contributed by atoms with van der Waals surface area (Å²) >= 11 is 12.0. The molecule has 0 radical (unpaired) electrons. The second-order valence-electron chi connectivity index (χ2n) is 1.49. The Kier molecular flexibility index (Phi) is 7.84. The smallest absolute Gasteiger partial charge is 0.0944 e. The van der Waals surface area contributed by atoms with Crippen LogP contribution < -0.4 is 10.6 Å². The van der Waals surface area contributed by atoms with Crippen molar-refractivity contribution in [3.05, 3.63) is 0 Å². The molecule has 0 atom stereocenters. The highest BCUT2D eigenvalue weighted by molar-refractivity contribution is 7.99. The zero-order valence-corrected chi connectivity index (χ0v) is 7.72. The van der Waals surface area contributed by atoms with E-state index in [9.17, 15) is 0 Å². The van der Waals surface area contributed by atoms with Crippen molar-refractivity contribution >= 4 is 37.9 Å². The molecule has 2 nitrogen and oxygen atoms in total. The van der Waals surface area contributed by atoms with Crippen molar-refractivity contribution < 1.29 is 0 Å². The third kappa shape index (κ3) is 8.97. The van der Waals surface area contributed by atoms with Gasteiger partial charge in [-0.15, -0.1) is 25.3 Å². The van der Waals surface area contributed by atoms with E-state index in [0.29, 0.717) is 5.88 Å². The maximum absolute atomic E-state index is 4.01. The van der Waals surface area contributed by atoms with Crippen molar-refractivity contribution in [1.29, 1.82) is 0 Å². The highest BCUT2D eigenvalue weighted by Gasteiger charge is 1.89. The second-order valence-corrected chi connectivity index (χ2v) is 3.24. The molecule has 0 spiro atoms. The van der Waals surface area contributed by atoms with Gasteiger partial charge in [0.15, 0.2) is 0 Å². The van der Waals surface area contributed by atoms with E-state index in [0.717, 1.165) is 13.1 Å². The molecular formula is C4H12N2S3. The molecule has 0 aromatic rings. The molecule has 2 N–H and O–H groups in total. The van der Waals surface area contributed by atoms with Crippen LogP contribution in [0.1, 0.15) is 0 Å². The van der Waals surface area contributed by atoms with Gasteiger partial charge in [-0.25, -0.2) is 0 Å². The summed E-state index contributed by atoms with van der Waals surface area (Å²) < 4.78 is -0.0216. The van der Waals surface area contributed by atoms with Crippen molar-refractivity contribution in [3.63, 3.8) is 0 Å². The minimum Gasteiger partial charge on any atom is -0.307 e. The average molecular weight is 184 g/mol. The van der Waals surface area contributed by atoms with Crippen LogP contribution in [-0.2, 0) is 0 Å². The van der Waals surface area contributed by atoms with E-state index in [1.165, 1.54) is 0 Å². The van der Waals surface area contributed by atoms with E-state index >= 15 is 0 Å². The summed E-state index contributed by atoms with van der Waals surface area (Å²) in [5.74, 6) is 0.714. The Morgan fingerprint density at radius 3 is 2.33 bits per heavy atom. The predicted molar refractivity (Wildman–Crippen MR) is 51.6 cm³/mol. The Bertz CT molecular complexity index is 59.8. The van der Waals surface area contributed by atoms with Crippen LogP contribution in [0, 0.1) is 0 Å². The van der Waals surface area contributed by atoms with Gasteiger partial charge in [-0.3, -0.25) is 5.32 Å². The number of thiol groups is 3. The van der Waals surface area contributed by atoms with E-state index in [1.54, 1.807) is 0 Å². The van der Waals surface area contributed by atoms with Gasteiger partial charge in [0.2, 0.25) is 0 Å². The Hall–Kier alpha value is 0.970. The monoisotopic (exact) mass is 184 g/mol. The largest absolute Gasteiger partial charge is 0.307 e. The number of hydrogen-bond donors (Lipinski definition) is 5. The summed E-state index contributed by atoms with van der Waals surface area (Å²) in [7, 11) is 0. The molecule has 5 heteroatoms. The molecule has 0 aromatic carbocycles. The van der Waals surface area contributed by atoms with Gasteiger partial charge in [0.25, 0.3) is 0 Å². The third-order valence-electron chi connectivity index (χ3n) is 0.740. The number of nitrogens with one attached hydrogen (secondary N) is 2. The van der Waals surface area contributed by atoms with E-state index in [2.05, 4.69) is 48.5 Å². The van der Waals surface area contributed by atoms with Gasteiger partial charge in [-0.2, -0.15) is 12.6 Å². The molecular weight excluding hydrogens is 172 g/mol. The van der Waals surface area contributed by atoms with Gasteiger partial charge in [0.1, 0.15) is 0 Å². The van der Waals surface area contributed by atoms with E-state index in [-0.39, 0.29) is 4.71 Å². The van der Waals surface area contributed by atoms with Crippen LogP contribution in [0.5, 0.6) is 0 Å².